The Hall–Kier alpha value is -1.68. The quantitative estimate of drug-likeness (QED) is 0.900. The third-order valence-electron chi connectivity index (χ3n) is 2.94. The molecule has 0 bridgehead atoms. The summed E-state index contributed by atoms with van der Waals surface area (Å²) in [6, 6.07) is 14.1. The van der Waals surface area contributed by atoms with E-state index >= 15 is 0 Å². The van der Waals surface area contributed by atoms with E-state index in [4.69, 9.17) is 0 Å². The average molecular weight is 336 g/mol. The van der Waals surface area contributed by atoms with Gasteiger partial charge < -0.3 is 5.32 Å². The number of halogens is 2. The van der Waals surface area contributed by atoms with E-state index in [0.29, 0.717) is 10.9 Å². The zero-order chi connectivity index (χ0) is 14.5. The summed E-state index contributed by atoms with van der Waals surface area (Å²) < 4.78 is 14.3. The number of benzene rings is 2. The smallest absolute Gasteiger partial charge is 0.254 e. The van der Waals surface area contributed by atoms with Crippen LogP contribution < -0.4 is 5.32 Å². The lowest BCUT2D eigenvalue weighted by Crippen LogP contribution is -2.34. The van der Waals surface area contributed by atoms with Crippen molar-refractivity contribution < 1.29 is 9.18 Å². The number of carbonyl (C=O) groups excluding carboxylic acids is 1. The number of hydrogen-bond donors (Lipinski definition) is 1. The molecule has 0 aliphatic heterocycles. The standard InChI is InChI=1S/C16H15BrFNO/c1-11(9-12-5-3-2-4-6-12)19-16(20)14-10-13(17)7-8-15(14)18/h2-8,10-11H,9H2,1H3,(H,19,20). The van der Waals surface area contributed by atoms with Crippen molar-refractivity contribution in [2.75, 3.05) is 0 Å². The Morgan fingerprint density at radius 1 is 1.25 bits per heavy atom. The summed E-state index contributed by atoms with van der Waals surface area (Å²) in [5.74, 6) is -0.912. The molecular formula is C16H15BrFNO. The van der Waals surface area contributed by atoms with Crippen LogP contribution in [0.3, 0.4) is 0 Å². The Morgan fingerprint density at radius 3 is 2.65 bits per heavy atom. The van der Waals surface area contributed by atoms with E-state index in [9.17, 15) is 9.18 Å². The van der Waals surface area contributed by atoms with Crippen molar-refractivity contribution in [2.45, 2.75) is 19.4 Å². The fourth-order valence-corrected chi connectivity index (χ4v) is 2.35. The van der Waals surface area contributed by atoms with E-state index < -0.39 is 11.7 Å². The second-order valence-corrected chi connectivity index (χ2v) is 5.60. The predicted octanol–water partition coefficient (Wildman–Crippen LogP) is 3.95. The molecule has 0 radical (unpaired) electrons. The Labute approximate surface area is 126 Å². The van der Waals surface area contributed by atoms with Crippen molar-refractivity contribution in [3.05, 3.63) is 69.9 Å². The summed E-state index contributed by atoms with van der Waals surface area (Å²) in [5.41, 5.74) is 1.19. The highest BCUT2D eigenvalue weighted by molar-refractivity contribution is 9.10. The molecule has 1 atom stereocenters. The normalized spacial score (nSPS) is 11.9. The summed E-state index contributed by atoms with van der Waals surface area (Å²) in [5, 5.41) is 2.81. The predicted molar refractivity (Wildman–Crippen MR) is 81.2 cm³/mol. The van der Waals surface area contributed by atoms with Crippen molar-refractivity contribution in [3.63, 3.8) is 0 Å². The Kier molecular flexibility index (Phi) is 4.90. The molecule has 0 aromatic heterocycles. The minimum atomic E-state index is -0.516. The van der Waals surface area contributed by atoms with Crippen LogP contribution in [0.1, 0.15) is 22.8 Å². The van der Waals surface area contributed by atoms with E-state index in [1.165, 1.54) is 12.1 Å². The molecule has 1 amide bonds. The molecule has 0 saturated heterocycles. The number of carbonyl (C=O) groups is 1. The SMILES string of the molecule is CC(Cc1ccccc1)NC(=O)c1cc(Br)ccc1F. The van der Waals surface area contributed by atoms with Crippen LogP contribution in [0.2, 0.25) is 0 Å². The number of amides is 1. The van der Waals surface area contributed by atoms with Gasteiger partial charge in [0, 0.05) is 10.5 Å². The third-order valence-corrected chi connectivity index (χ3v) is 3.43. The minimum absolute atomic E-state index is 0.0549. The summed E-state index contributed by atoms with van der Waals surface area (Å²) in [7, 11) is 0. The van der Waals surface area contributed by atoms with Gasteiger partial charge in [0.05, 0.1) is 5.56 Å². The van der Waals surface area contributed by atoms with Crippen LogP contribution in [0, 0.1) is 5.82 Å². The second-order valence-electron chi connectivity index (χ2n) is 4.69. The summed E-state index contributed by atoms with van der Waals surface area (Å²) in [6.07, 6.45) is 0.711. The van der Waals surface area contributed by atoms with Gasteiger partial charge in [0.1, 0.15) is 5.82 Å². The van der Waals surface area contributed by atoms with Gasteiger partial charge in [-0.3, -0.25) is 4.79 Å². The first-order valence-electron chi connectivity index (χ1n) is 6.36. The van der Waals surface area contributed by atoms with Crippen molar-refractivity contribution >= 4 is 21.8 Å². The van der Waals surface area contributed by atoms with Gasteiger partial charge in [0.25, 0.3) is 5.91 Å². The highest BCUT2D eigenvalue weighted by Crippen LogP contribution is 2.15. The van der Waals surface area contributed by atoms with Crippen LogP contribution >= 0.6 is 15.9 Å². The molecule has 0 aliphatic carbocycles. The fraction of sp³-hybridized carbons (Fsp3) is 0.188. The van der Waals surface area contributed by atoms with Gasteiger partial charge in [-0.15, -0.1) is 0 Å². The highest BCUT2D eigenvalue weighted by Gasteiger charge is 2.14. The number of rotatable bonds is 4. The molecule has 0 fully saturated rings. The molecular weight excluding hydrogens is 321 g/mol. The summed E-state index contributed by atoms with van der Waals surface area (Å²) in [6.45, 7) is 1.90. The summed E-state index contributed by atoms with van der Waals surface area (Å²) in [4.78, 5) is 12.0. The molecule has 4 heteroatoms. The van der Waals surface area contributed by atoms with E-state index in [0.717, 1.165) is 5.56 Å². The van der Waals surface area contributed by atoms with Crippen LogP contribution in [-0.2, 0) is 6.42 Å². The lowest BCUT2D eigenvalue weighted by molar-refractivity contribution is 0.0936. The molecule has 2 rings (SSSR count). The number of nitrogens with one attached hydrogen (secondary N) is 1. The first-order valence-corrected chi connectivity index (χ1v) is 7.15. The second kappa shape index (κ2) is 6.66. The lowest BCUT2D eigenvalue weighted by atomic mass is 10.1. The van der Waals surface area contributed by atoms with E-state index in [2.05, 4.69) is 21.2 Å². The van der Waals surface area contributed by atoms with E-state index in [-0.39, 0.29) is 11.6 Å². The van der Waals surface area contributed by atoms with Crippen LogP contribution in [0.5, 0.6) is 0 Å². The van der Waals surface area contributed by atoms with Crippen LogP contribution in [0.15, 0.2) is 53.0 Å². The first kappa shape index (κ1) is 14.7. The Bertz CT molecular complexity index is 601. The molecule has 1 unspecified atom stereocenters. The topological polar surface area (TPSA) is 29.1 Å². The molecule has 2 aromatic carbocycles. The summed E-state index contributed by atoms with van der Waals surface area (Å²) >= 11 is 3.24. The molecule has 20 heavy (non-hydrogen) atoms. The lowest BCUT2D eigenvalue weighted by Gasteiger charge is -2.14. The van der Waals surface area contributed by atoms with Crippen molar-refractivity contribution in [1.29, 1.82) is 0 Å². The van der Waals surface area contributed by atoms with Gasteiger partial charge in [0.2, 0.25) is 0 Å². The van der Waals surface area contributed by atoms with Gasteiger partial charge in [-0.25, -0.2) is 4.39 Å². The number of hydrogen-bond acceptors (Lipinski definition) is 1. The molecule has 0 saturated carbocycles. The van der Waals surface area contributed by atoms with Gasteiger partial charge in [-0.2, -0.15) is 0 Å². The maximum Gasteiger partial charge on any atom is 0.254 e. The van der Waals surface area contributed by atoms with Crippen LogP contribution in [-0.4, -0.2) is 11.9 Å². The molecule has 1 N–H and O–H groups in total. The Morgan fingerprint density at radius 2 is 1.95 bits per heavy atom. The maximum atomic E-state index is 13.6. The fourth-order valence-electron chi connectivity index (χ4n) is 1.99. The molecule has 0 spiro atoms. The zero-order valence-corrected chi connectivity index (χ0v) is 12.7. The van der Waals surface area contributed by atoms with Crippen LogP contribution in [0.4, 0.5) is 4.39 Å². The van der Waals surface area contributed by atoms with Gasteiger partial charge in [-0.05, 0) is 37.1 Å². The average Bonchev–Trinajstić information content (AvgIpc) is 2.42. The highest BCUT2D eigenvalue weighted by atomic mass is 79.9. The minimum Gasteiger partial charge on any atom is -0.349 e. The van der Waals surface area contributed by atoms with Crippen molar-refractivity contribution in [2.24, 2.45) is 0 Å². The monoisotopic (exact) mass is 335 g/mol. The van der Waals surface area contributed by atoms with Crippen molar-refractivity contribution in [1.82, 2.24) is 5.32 Å². The van der Waals surface area contributed by atoms with Crippen molar-refractivity contribution in [3.8, 4) is 0 Å². The van der Waals surface area contributed by atoms with E-state index in [1.807, 2.05) is 37.3 Å². The molecule has 104 valence electrons. The van der Waals surface area contributed by atoms with Gasteiger partial charge in [0.15, 0.2) is 0 Å². The maximum absolute atomic E-state index is 13.6. The molecule has 0 aliphatic rings. The Balaban J connectivity index is 2.02. The van der Waals surface area contributed by atoms with E-state index in [1.54, 1.807) is 6.07 Å². The van der Waals surface area contributed by atoms with Gasteiger partial charge >= 0.3 is 0 Å². The van der Waals surface area contributed by atoms with Gasteiger partial charge in [-0.1, -0.05) is 46.3 Å². The zero-order valence-electron chi connectivity index (χ0n) is 11.1. The molecule has 2 aromatic rings. The largest absolute Gasteiger partial charge is 0.349 e. The first-order chi connectivity index (χ1) is 9.56. The molecule has 2 nitrogen and oxygen atoms in total. The van der Waals surface area contributed by atoms with Crippen LogP contribution in [0.25, 0.3) is 0 Å². The third kappa shape index (κ3) is 3.90. The molecule has 0 heterocycles.